The standard InChI is InChI=1S/C23H18N4O3/c1-23(30)17-8-4-5-9-19(17)27(22(23)29)20-13-14(10-11-24-20)12-18-15-6-2-3-7-16(15)21(28)26-25-18/h2-11,13,30H,12H2,1H3,(H,26,28). The van der Waals surface area contributed by atoms with Crippen molar-refractivity contribution in [3.8, 4) is 0 Å². The van der Waals surface area contributed by atoms with Crippen molar-refractivity contribution >= 4 is 28.2 Å². The van der Waals surface area contributed by atoms with Crippen LogP contribution >= 0.6 is 0 Å². The zero-order valence-electron chi connectivity index (χ0n) is 16.2. The molecule has 2 aromatic carbocycles. The van der Waals surface area contributed by atoms with Crippen molar-refractivity contribution in [1.82, 2.24) is 15.2 Å². The third kappa shape index (κ3) is 2.71. The predicted molar refractivity (Wildman–Crippen MR) is 113 cm³/mol. The Kier molecular flexibility index (Phi) is 4.01. The number of nitrogens with one attached hydrogen (secondary N) is 1. The van der Waals surface area contributed by atoms with Gasteiger partial charge in [-0.15, -0.1) is 0 Å². The molecule has 1 atom stereocenters. The van der Waals surface area contributed by atoms with Gasteiger partial charge in [0.05, 0.1) is 16.8 Å². The lowest BCUT2D eigenvalue weighted by molar-refractivity contribution is -0.133. The van der Waals surface area contributed by atoms with Gasteiger partial charge < -0.3 is 5.11 Å². The van der Waals surface area contributed by atoms with Crippen molar-refractivity contribution in [2.24, 2.45) is 0 Å². The summed E-state index contributed by atoms with van der Waals surface area (Å²) in [5.74, 6) is -0.0163. The lowest BCUT2D eigenvalue weighted by Gasteiger charge is -2.19. The van der Waals surface area contributed by atoms with Crippen LogP contribution in [0.2, 0.25) is 0 Å². The number of pyridine rings is 1. The summed E-state index contributed by atoms with van der Waals surface area (Å²) in [5, 5.41) is 18.9. The van der Waals surface area contributed by atoms with Crippen LogP contribution in [0.3, 0.4) is 0 Å². The number of fused-ring (bicyclic) bond motifs is 2. The minimum absolute atomic E-state index is 0.230. The Morgan fingerprint density at radius 3 is 2.60 bits per heavy atom. The molecule has 1 aliphatic rings. The van der Waals surface area contributed by atoms with Crippen molar-refractivity contribution in [1.29, 1.82) is 0 Å². The summed E-state index contributed by atoms with van der Waals surface area (Å²) in [6, 6.07) is 18.1. The lowest BCUT2D eigenvalue weighted by Crippen LogP contribution is -2.35. The van der Waals surface area contributed by atoms with E-state index in [0.717, 1.165) is 16.6 Å². The molecule has 0 bridgehead atoms. The molecule has 148 valence electrons. The third-order valence-corrected chi connectivity index (χ3v) is 5.47. The van der Waals surface area contributed by atoms with Crippen LogP contribution in [0.25, 0.3) is 10.8 Å². The van der Waals surface area contributed by atoms with Gasteiger partial charge in [0, 0.05) is 23.6 Å². The SMILES string of the molecule is CC1(O)C(=O)N(c2cc(Cc3n[nH]c(=O)c4ccccc34)ccn2)c2ccccc21. The van der Waals surface area contributed by atoms with E-state index in [2.05, 4.69) is 15.2 Å². The molecule has 7 nitrogen and oxygen atoms in total. The number of rotatable bonds is 3. The Hall–Kier alpha value is -3.84. The maximum absolute atomic E-state index is 13.0. The third-order valence-electron chi connectivity index (χ3n) is 5.47. The first kappa shape index (κ1) is 18.2. The number of carbonyl (C=O) groups is 1. The minimum Gasteiger partial charge on any atom is -0.375 e. The number of anilines is 2. The van der Waals surface area contributed by atoms with Crippen molar-refractivity contribution in [3.05, 3.63) is 94.0 Å². The van der Waals surface area contributed by atoms with E-state index in [0.29, 0.717) is 28.9 Å². The monoisotopic (exact) mass is 398 g/mol. The molecule has 0 saturated heterocycles. The van der Waals surface area contributed by atoms with Crippen LogP contribution in [-0.4, -0.2) is 26.2 Å². The van der Waals surface area contributed by atoms with E-state index in [-0.39, 0.29) is 5.56 Å². The highest BCUT2D eigenvalue weighted by atomic mass is 16.3. The summed E-state index contributed by atoms with van der Waals surface area (Å²) >= 11 is 0. The Balaban J connectivity index is 1.56. The molecule has 30 heavy (non-hydrogen) atoms. The van der Waals surface area contributed by atoms with Gasteiger partial charge in [-0.2, -0.15) is 5.10 Å². The number of H-pyrrole nitrogens is 1. The van der Waals surface area contributed by atoms with E-state index >= 15 is 0 Å². The highest BCUT2D eigenvalue weighted by Gasteiger charge is 2.47. The van der Waals surface area contributed by atoms with E-state index in [1.807, 2.05) is 30.3 Å². The van der Waals surface area contributed by atoms with Crippen LogP contribution in [0, 0.1) is 0 Å². The van der Waals surface area contributed by atoms with E-state index in [1.54, 1.807) is 36.5 Å². The Bertz CT molecular complexity index is 1360. The van der Waals surface area contributed by atoms with Crippen LogP contribution in [0.4, 0.5) is 11.5 Å². The van der Waals surface area contributed by atoms with Gasteiger partial charge >= 0.3 is 0 Å². The van der Waals surface area contributed by atoms with E-state index in [9.17, 15) is 14.7 Å². The van der Waals surface area contributed by atoms with Crippen LogP contribution in [0.15, 0.2) is 71.7 Å². The molecule has 4 aromatic rings. The summed E-state index contributed by atoms with van der Waals surface area (Å²) in [7, 11) is 0. The molecule has 0 fully saturated rings. The molecule has 0 spiro atoms. The molecule has 0 aliphatic carbocycles. The molecule has 1 aliphatic heterocycles. The smallest absolute Gasteiger partial charge is 0.272 e. The fraction of sp³-hybridized carbons (Fsp3) is 0.130. The summed E-state index contributed by atoms with van der Waals surface area (Å²) in [5.41, 5.74) is 0.931. The van der Waals surface area contributed by atoms with Gasteiger partial charge in [0.25, 0.3) is 11.5 Å². The number of aromatic amines is 1. The number of amides is 1. The Labute approximate surface area is 171 Å². The molecule has 3 heterocycles. The van der Waals surface area contributed by atoms with Gasteiger partial charge in [0.15, 0.2) is 5.60 Å². The van der Waals surface area contributed by atoms with Crippen molar-refractivity contribution in [3.63, 3.8) is 0 Å². The van der Waals surface area contributed by atoms with Gasteiger partial charge in [-0.25, -0.2) is 10.1 Å². The van der Waals surface area contributed by atoms with Crippen molar-refractivity contribution in [2.45, 2.75) is 18.9 Å². The Morgan fingerprint density at radius 2 is 1.77 bits per heavy atom. The molecule has 0 saturated carbocycles. The van der Waals surface area contributed by atoms with Crippen LogP contribution in [0.1, 0.15) is 23.7 Å². The van der Waals surface area contributed by atoms with Crippen molar-refractivity contribution < 1.29 is 9.90 Å². The largest absolute Gasteiger partial charge is 0.375 e. The number of hydrogen-bond acceptors (Lipinski definition) is 5. The highest BCUT2D eigenvalue weighted by Crippen LogP contribution is 2.43. The number of para-hydroxylation sites is 1. The number of hydrogen-bond donors (Lipinski definition) is 2. The summed E-state index contributed by atoms with van der Waals surface area (Å²) in [4.78, 5) is 30.8. The zero-order valence-corrected chi connectivity index (χ0v) is 16.2. The maximum Gasteiger partial charge on any atom is 0.272 e. The number of benzene rings is 2. The Morgan fingerprint density at radius 1 is 1.03 bits per heavy atom. The highest BCUT2D eigenvalue weighted by molar-refractivity contribution is 6.11. The molecule has 1 unspecified atom stereocenters. The first-order valence-electron chi connectivity index (χ1n) is 9.54. The fourth-order valence-corrected chi connectivity index (χ4v) is 3.94. The molecule has 0 radical (unpaired) electrons. The molecule has 2 aromatic heterocycles. The minimum atomic E-state index is -1.61. The normalized spacial score (nSPS) is 18.1. The van der Waals surface area contributed by atoms with Gasteiger partial charge in [-0.05, 0) is 36.8 Å². The number of aliphatic hydroxyl groups is 1. The molecular formula is C23H18N4O3. The fourth-order valence-electron chi connectivity index (χ4n) is 3.94. The van der Waals surface area contributed by atoms with Gasteiger partial charge in [-0.1, -0.05) is 36.4 Å². The molecule has 2 N–H and O–H groups in total. The van der Waals surface area contributed by atoms with Crippen LogP contribution in [-0.2, 0) is 16.8 Å². The molecule has 5 rings (SSSR count). The second-order valence-electron chi connectivity index (χ2n) is 7.47. The number of nitrogens with zero attached hydrogens (tertiary/aromatic N) is 3. The second-order valence-corrected chi connectivity index (χ2v) is 7.47. The predicted octanol–water partition coefficient (Wildman–Crippen LogP) is 2.79. The van der Waals surface area contributed by atoms with Gasteiger partial charge in [0.2, 0.25) is 0 Å². The first-order chi connectivity index (χ1) is 14.5. The summed E-state index contributed by atoms with van der Waals surface area (Å²) in [6.07, 6.45) is 2.08. The van der Waals surface area contributed by atoms with E-state index < -0.39 is 11.5 Å². The topological polar surface area (TPSA) is 99.2 Å². The van der Waals surface area contributed by atoms with E-state index in [1.165, 1.54) is 11.8 Å². The van der Waals surface area contributed by atoms with E-state index in [4.69, 9.17) is 0 Å². The van der Waals surface area contributed by atoms with Crippen LogP contribution < -0.4 is 10.5 Å². The van der Waals surface area contributed by atoms with Gasteiger partial charge in [-0.3, -0.25) is 14.5 Å². The average molecular weight is 398 g/mol. The molecule has 7 heteroatoms. The second kappa shape index (κ2) is 6.60. The summed E-state index contributed by atoms with van der Waals surface area (Å²) < 4.78 is 0. The van der Waals surface area contributed by atoms with Gasteiger partial charge in [0.1, 0.15) is 5.82 Å². The first-order valence-corrected chi connectivity index (χ1v) is 9.54. The zero-order chi connectivity index (χ0) is 20.9. The van der Waals surface area contributed by atoms with Crippen molar-refractivity contribution in [2.75, 3.05) is 4.90 Å². The number of carbonyl (C=O) groups excluding carboxylic acids is 1. The lowest BCUT2D eigenvalue weighted by atomic mass is 9.98. The molecule has 1 amide bonds. The average Bonchev–Trinajstić information content (AvgIpc) is 2.96. The maximum atomic E-state index is 13.0. The quantitative estimate of drug-likeness (QED) is 0.553. The summed E-state index contributed by atoms with van der Waals surface area (Å²) in [6.45, 7) is 1.49. The molecular weight excluding hydrogens is 380 g/mol. The number of aromatic nitrogens is 3. The van der Waals surface area contributed by atoms with Crippen LogP contribution in [0.5, 0.6) is 0 Å².